The van der Waals surface area contributed by atoms with Gasteiger partial charge in [0.25, 0.3) is 0 Å². The second-order valence-corrected chi connectivity index (χ2v) is 3.96. The van der Waals surface area contributed by atoms with Gasteiger partial charge >= 0.3 is 62.3 Å². The van der Waals surface area contributed by atoms with E-state index < -0.39 is 0 Å². The Bertz CT molecular complexity index is 390. The van der Waals surface area contributed by atoms with E-state index in [1.165, 1.54) is 29.6 Å². The van der Waals surface area contributed by atoms with Crippen LogP contribution < -0.4 is 0 Å². The monoisotopic (exact) mass is 358 g/mol. The molecule has 0 bridgehead atoms. The van der Waals surface area contributed by atoms with Crippen molar-refractivity contribution in [3.63, 3.8) is 0 Å². The van der Waals surface area contributed by atoms with Crippen LogP contribution in [0, 0.1) is 33.5 Å². The summed E-state index contributed by atoms with van der Waals surface area (Å²) in [5.41, 5.74) is 4.08. The van der Waals surface area contributed by atoms with Crippen LogP contribution in [0.15, 0.2) is 22.8 Å². The van der Waals surface area contributed by atoms with Gasteiger partial charge in [-0.25, -0.2) is 18.6 Å². The van der Waals surface area contributed by atoms with Crippen molar-refractivity contribution in [2.75, 3.05) is 0 Å². The summed E-state index contributed by atoms with van der Waals surface area (Å²) in [5.74, 6) is 0. The molecule has 1 aliphatic carbocycles. The largest absolute Gasteiger partial charge is 2.00 e. The van der Waals surface area contributed by atoms with Crippen molar-refractivity contribution in [3.8, 4) is 0 Å². The Morgan fingerprint density at radius 1 is 1.04 bits per heavy atom. The van der Waals surface area contributed by atoms with Crippen LogP contribution >= 0.6 is 0 Å². The fourth-order valence-electron chi connectivity index (χ4n) is 1.95. The number of carbonyl (C=O) groups excluding carboxylic acids is 1. The molecule has 23 heavy (non-hydrogen) atoms. The molecule has 0 atom stereocenters. The van der Waals surface area contributed by atoms with Crippen LogP contribution in [-0.2, 0) is 40.5 Å². The molecule has 0 aromatic heterocycles. The number of rotatable bonds is 4. The Labute approximate surface area is 148 Å². The molecular formula is C17H18FeO5. The van der Waals surface area contributed by atoms with E-state index in [1.54, 1.807) is 0 Å². The van der Waals surface area contributed by atoms with E-state index in [9.17, 15) is 4.79 Å². The fourth-order valence-corrected chi connectivity index (χ4v) is 1.95. The van der Waals surface area contributed by atoms with E-state index in [0.29, 0.717) is 6.42 Å². The number of hydrogen-bond donors (Lipinski definition) is 0. The van der Waals surface area contributed by atoms with Crippen molar-refractivity contribution >= 4 is 6.29 Å². The van der Waals surface area contributed by atoms with Gasteiger partial charge in [0.2, 0.25) is 0 Å². The van der Waals surface area contributed by atoms with Gasteiger partial charge in [0.15, 0.2) is 0 Å². The van der Waals surface area contributed by atoms with Crippen molar-refractivity contribution < 1.29 is 40.5 Å². The van der Waals surface area contributed by atoms with Crippen LogP contribution in [-0.4, -0.2) is 6.29 Å². The van der Waals surface area contributed by atoms with E-state index >= 15 is 0 Å². The molecule has 0 radical (unpaired) electrons. The van der Waals surface area contributed by atoms with Crippen molar-refractivity contribution in [2.24, 2.45) is 0 Å². The fraction of sp³-hybridized carbons (Fsp3) is 0.412. The Hall–Kier alpha value is -1.50. The van der Waals surface area contributed by atoms with E-state index in [1.807, 2.05) is 12.4 Å². The van der Waals surface area contributed by atoms with Crippen LogP contribution in [0.25, 0.3) is 0 Å². The van der Waals surface area contributed by atoms with E-state index in [2.05, 4.69) is 40.4 Å². The molecule has 124 valence electrons. The molecule has 0 N–H and O–H groups in total. The topological polar surface area (TPSA) is 96.7 Å². The van der Waals surface area contributed by atoms with Crippen LogP contribution in [0.2, 0.25) is 0 Å². The van der Waals surface area contributed by atoms with Gasteiger partial charge in [-0.2, -0.15) is 0 Å². The molecular weight excluding hydrogens is 340 g/mol. The molecule has 0 unspecified atom stereocenters. The first-order valence-electron chi connectivity index (χ1n) is 6.09. The normalized spacial score (nSPS) is 11.6. The van der Waals surface area contributed by atoms with E-state index in [4.69, 9.17) is 18.6 Å². The Kier molecular flexibility index (Phi) is 46.8. The molecule has 1 aliphatic rings. The minimum atomic E-state index is 0. The third kappa shape index (κ3) is 20.5. The Morgan fingerprint density at radius 3 is 1.78 bits per heavy atom. The third-order valence-electron chi connectivity index (χ3n) is 2.83. The second kappa shape index (κ2) is 32.4. The molecule has 0 spiro atoms. The number of allylic oxidation sites excluding steroid dienone is 4. The summed E-state index contributed by atoms with van der Waals surface area (Å²) in [4.78, 5) is 10.4. The molecule has 0 heterocycles. The van der Waals surface area contributed by atoms with Crippen LogP contribution in [0.4, 0.5) is 0 Å². The van der Waals surface area contributed by atoms with Crippen molar-refractivity contribution in [1.29, 1.82) is 0 Å². The summed E-state index contributed by atoms with van der Waals surface area (Å²) < 4.78 is 30.0. The first-order chi connectivity index (χ1) is 10.8. The molecule has 0 fully saturated rings. The summed E-state index contributed by atoms with van der Waals surface area (Å²) >= 11 is 0. The maximum absolute atomic E-state index is 10.4. The summed E-state index contributed by atoms with van der Waals surface area (Å²) in [5, 5.41) is 0. The van der Waals surface area contributed by atoms with Crippen molar-refractivity contribution in [3.05, 3.63) is 56.3 Å². The van der Waals surface area contributed by atoms with Gasteiger partial charge in [-0.15, -0.1) is 13.3 Å². The van der Waals surface area contributed by atoms with Gasteiger partial charge in [0, 0.05) is 0 Å². The minimum absolute atomic E-state index is 0. The van der Waals surface area contributed by atoms with E-state index in [-0.39, 0.29) is 17.1 Å². The van der Waals surface area contributed by atoms with Gasteiger partial charge in [-0.3, -0.25) is 6.29 Å². The molecule has 0 saturated carbocycles. The Morgan fingerprint density at radius 2 is 1.43 bits per heavy atom. The molecule has 0 amide bonds. The first-order valence-corrected chi connectivity index (χ1v) is 6.09. The molecule has 0 aliphatic heterocycles. The molecule has 0 saturated heterocycles. The first kappa shape index (κ1) is 33.2. The summed E-state index contributed by atoms with van der Waals surface area (Å²) in [7, 11) is 0. The van der Waals surface area contributed by atoms with E-state index in [0.717, 1.165) is 19.3 Å². The molecule has 0 aromatic carbocycles. The Balaban J connectivity index is -0.000000105. The second-order valence-electron chi connectivity index (χ2n) is 3.96. The van der Waals surface area contributed by atoms with Crippen LogP contribution in [0.1, 0.15) is 45.4 Å². The SMILES string of the molecule is [C-]#[O+].[C-]#[O+].[C-]#[O+].[C-]#[O+].[CH2-]C=C(C)CC1=C(C[C-]=O)CCCC1.[Fe+2]. The zero-order valence-corrected chi connectivity index (χ0v) is 14.0. The molecule has 1 rings (SSSR count). The summed E-state index contributed by atoms with van der Waals surface area (Å²) in [6.45, 7) is 23.9. The van der Waals surface area contributed by atoms with Crippen molar-refractivity contribution in [2.45, 2.75) is 45.4 Å². The maximum Gasteiger partial charge on any atom is 2.00 e. The zero-order chi connectivity index (χ0) is 18.4. The smallest absolute Gasteiger partial charge is 0.541 e. The summed E-state index contributed by atoms with van der Waals surface area (Å²) in [6, 6.07) is 0. The average Bonchev–Trinajstić information content (AvgIpc) is 2.63. The molecule has 0 aromatic rings. The van der Waals surface area contributed by atoms with Gasteiger partial charge in [0.1, 0.15) is 0 Å². The quantitative estimate of drug-likeness (QED) is 0.327. The van der Waals surface area contributed by atoms with Crippen LogP contribution in [0.3, 0.4) is 0 Å². The number of hydrogen-bond acceptors (Lipinski definition) is 1. The minimum Gasteiger partial charge on any atom is -0.541 e. The average molecular weight is 358 g/mol. The van der Waals surface area contributed by atoms with Gasteiger partial charge in [-0.05, 0) is 25.7 Å². The van der Waals surface area contributed by atoms with Gasteiger partial charge in [-0.1, -0.05) is 17.6 Å². The predicted octanol–water partition coefficient (Wildman–Crippen LogP) is 3.37. The summed E-state index contributed by atoms with van der Waals surface area (Å²) in [6.07, 6.45) is 10.2. The third-order valence-corrected chi connectivity index (χ3v) is 2.83. The zero-order valence-electron chi connectivity index (χ0n) is 12.9. The van der Waals surface area contributed by atoms with Crippen molar-refractivity contribution in [1.82, 2.24) is 0 Å². The van der Waals surface area contributed by atoms with Crippen LogP contribution in [0.5, 0.6) is 0 Å². The van der Waals surface area contributed by atoms with Gasteiger partial charge in [0.05, 0.1) is 0 Å². The maximum atomic E-state index is 10.4. The molecule has 6 heteroatoms. The van der Waals surface area contributed by atoms with Gasteiger partial charge < -0.3 is 4.79 Å². The molecule has 5 nitrogen and oxygen atoms in total. The predicted molar refractivity (Wildman–Crippen MR) is 75.3 cm³/mol. The standard InChI is InChI=1S/C13H18O.4CO.Fe/c1-3-11(2)10-13-7-5-4-6-12(13)8-9-14;4*1-2;/h3H,1,4-8,10H2,2H3;;;;;/q-2;;;;;+2.